The zero-order valence-electron chi connectivity index (χ0n) is 12.9. The molecule has 0 aromatic heterocycles. The van der Waals surface area contributed by atoms with E-state index in [1.54, 1.807) is 12.1 Å². The fourth-order valence-corrected chi connectivity index (χ4v) is 2.77. The molecule has 0 radical (unpaired) electrons. The number of nitrogens with one attached hydrogen (secondary N) is 1. The predicted octanol–water partition coefficient (Wildman–Crippen LogP) is 1.10. The monoisotopic (exact) mass is 360 g/mol. The number of sulfonamides is 1. The van der Waals surface area contributed by atoms with Crippen molar-refractivity contribution in [3.8, 4) is 0 Å². The number of nitrogens with zero attached hydrogens (tertiary/aromatic N) is 2. The second-order valence-electron chi connectivity index (χ2n) is 5.26. The highest BCUT2D eigenvalue weighted by molar-refractivity contribution is 7.89. The number of rotatable bonds is 3. The Morgan fingerprint density at radius 1 is 1.17 bits per heavy atom. The van der Waals surface area contributed by atoms with E-state index in [2.05, 4.69) is 14.6 Å². The Hall–Kier alpha value is -1.80. The molecule has 1 aliphatic heterocycles. The molecule has 1 aromatic rings. The van der Waals surface area contributed by atoms with Crippen LogP contribution in [0, 0.1) is 0 Å². The van der Waals surface area contributed by atoms with Crippen LogP contribution in [-0.4, -0.2) is 39.6 Å². The van der Waals surface area contributed by atoms with Crippen molar-refractivity contribution in [3.63, 3.8) is 0 Å². The molecular formula is C14H21ClN4O3S. The number of guanidine groups is 1. The Labute approximate surface area is 142 Å². The molecule has 0 bridgehead atoms. The van der Waals surface area contributed by atoms with Crippen LogP contribution < -0.4 is 16.0 Å². The SMILES string of the molecule is CS(=O)(=O)/N=C(\N)NC(=O)c1ccc(N2CCCCC2)cc1.Cl. The van der Waals surface area contributed by atoms with Gasteiger partial charge in [-0.1, -0.05) is 0 Å². The number of benzene rings is 1. The van der Waals surface area contributed by atoms with Crippen molar-refractivity contribution in [1.82, 2.24) is 5.32 Å². The molecule has 9 heteroatoms. The molecule has 128 valence electrons. The lowest BCUT2D eigenvalue weighted by Gasteiger charge is -2.28. The van der Waals surface area contributed by atoms with Crippen molar-refractivity contribution in [2.45, 2.75) is 19.3 Å². The van der Waals surface area contributed by atoms with Gasteiger partial charge >= 0.3 is 0 Å². The predicted molar refractivity (Wildman–Crippen MR) is 93.7 cm³/mol. The van der Waals surface area contributed by atoms with Crippen LogP contribution >= 0.6 is 12.4 Å². The molecule has 0 aliphatic carbocycles. The van der Waals surface area contributed by atoms with Gasteiger partial charge in [0.2, 0.25) is 5.96 Å². The lowest BCUT2D eigenvalue weighted by atomic mass is 10.1. The molecule has 23 heavy (non-hydrogen) atoms. The first-order chi connectivity index (χ1) is 10.3. The summed E-state index contributed by atoms with van der Waals surface area (Å²) in [4.78, 5) is 14.2. The smallest absolute Gasteiger partial charge is 0.257 e. The minimum atomic E-state index is -3.63. The molecule has 3 N–H and O–H groups in total. The van der Waals surface area contributed by atoms with Gasteiger partial charge in [0, 0.05) is 24.3 Å². The van der Waals surface area contributed by atoms with Crippen molar-refractivity contribution >= 4 is 40.0 Å². The standard InChI is InChI=1S/C14H20N4O3S.ClH/c1-22(20,21)17-14(15)16-13(19)11-5-7-12(8-6-11)18-9-3-2-4-10-18;/h5-8H,2-4,9-10H2,1H3,(H3,15,16,17,19);1H. The number of carbonyl (C=O) groups excluding carboxylic acids is 1. The van der Waals surface area contributed by atoms with Crippen LogP contribution in [0.15, 0.2) is 28.7 Å². The average molecular weight is 361 g/mol. The van der Waals surface area contributed by atoms with Crippen LogP contribution in [0.3, 0.4) is 0 Å². The van der Waals surface area contributed by atoms with E-state index >= 15 is 0 Å². The van der Waals surface area contributed by atoms with Gasteiger partial charge in [0.25, 0.3) is 15.9 Å². The molecule has 1 saturated heterocycles. The number of carbonyl (C=O) groups is 1. The van der Waals surface area contributed by atoms with Crippen molar-refractivity contribution in [1.29, 1.82) is 0 Å². The van der Waals surface area contributed by atoms with Crippen LogP contribution in [0.4, 0.5) is 5.69 Å². The maximum Gasteiger partial charge on any atom is 0.257 e. The minimum absolute atomic E-state index is 0. The summed E-state index contributed by atoms with van der Waals surface area (Å²) in [7, 11) is -3.63. The van der Waals surface area contributed by atoms with Crippen LogP contribution in [-0.2, 0) is 10.0 Å². The molecule has 1 aliphatic rings. The van der Waals surface area contributed by atoms with Gasteiger partial charge in [-0.3, -0.25) is 10.1 Å². The first kappa shape index (κ1) is 19.2. The number of hydrogen-bond donors (Lipinski definition) is 2. The molecule has 0 spiro atoms. The minimum Gasteiger partial charge on any atom is -0.372 e. The van der Waals surface area contributed by atoms with E-state index in [1.165, 1.54) is 19.3 Å². The average Bonchev–Trinajstić information content (AvgIpc) is 2.46. The number of anilines is 1. The van der Waals surface area contributed by atoms with E-state index in [-0.39, 0.29) is 12.4 Å². The van der Waals surface area contributed by atoms with E-state index in [1.807, 2.05) is 12.1 Å². The van der Waals surface area contributed by atoms with Gasteiger partial charge in [-0.25, -0.2) is 8.42 Å². The Kier molecular flexibility index (Phi) is 6.83. The second kappa shape index (κ2) is 8.16. The number of halogens is 1. The van der Waals surface area contributed by atoms with Gasteiger partial charge in [-0.15, -0.1) is 16.8 Å². The summed E-state index contributed by atoms with van der Waals surface area (Å²) in [6.45, 7) is 2.05. The Morgan fingerprint density at radius 2 is 1.74 bits per heavy atom. The lowest BCUT2D eigenvalue weighted by molar-refractivity contribution is 0.0977. The highest BCUT2D eigenvalue weighted by atomic mass is 35.5. The summed E-state index contributed by atoms with van der Waals surface area (Å²) in [5, 5.41) is 2.25. The number of piperidine rings is 1. The maximum atomic E-state index is 11.9. The molecule has 1 aromatic carbocycles. The van der Waals surface area contributed by atoms with Crippen LogP contribution in [0.5, 0.6) is 0 Å². The Morgan fingerprint density at radius 3 is 2.26 bits per heavy atom. The van der Waals surface area contributed by atoms with Gasteiger partial charge in [-0.05, 0) is 43.5 Å². The number of hydrogen-bond acceptors (Lipinski definition) is 4. The van der Waals surface area contributed by atoms with Crippen LogP contribution in [0.2, 0.25) is 0 Å². The molecule has 7 nitrogen and oxygen atoms in total. The highest BCUT2D eigenvalue weighted by Gasteiger charge is 2.12. The van der Waals surface area contributed by atoms with Crippen LogP contribution in [0.1, 0.15) is 29.6 Å². The van der Waals surface area contributed by atoms with Crippen LogP contribution in [0.25, 0.3) is 0 Å². The fourth-order valence-electron chi connectivity index (χ4n) is 2.37. The van der Waals surface area contributed by atoms with E-state index in [0.29, 0.717) is 5.56 Å². The quantitative estimate of drug-likeness (QED) is 0.620. The first-order valence-corrected chi connectivity index (χ1v) is 8.92. The third-order valence-corrected chi connectivity index (χ3v) is 3.88. The summed E-state index contributed by atoms with van der Waals surface area (Å²) >= 11 is 0. The second-order valence-corrected chi connectivity index (χ2v) is 6.91. The molecular weight excluding hydrogens is 340 g/mol. The number of nitrogens with two attached hydrogens (primary N) is 1. The van der Waals surface area contributed by atoms with E-state index in [0.717, 1.165) is 25.0 Å². The largest absolute Gasteiger partial charge is 0.372 e. The van der Waals surface area contributed by atoms with E-state index in [4.69, 9.17) is 5.73 Å². The fraction of sp³-hybridized carbons (Fsp3) is 0.429. The Bertz CT molecular complexity index is 668. The molecule has 0 saturated carbocycles. The van der Waals surface area contributed by atoms with Crippen molar-refractivity contribution in [2.24, 2.45) is 10.1 Å². The topological polar surface area (TPSA) is 105 Å². The zero-order valence-corrected chi connectivity index (χ0v) is 14.5. The normalized spacial score (nSPS) is 15.7. The zero-order chi connectivity index (χ0) is 16.2. The number of amides is 1. The molecule has 1 amide bonds. The Balaban J connectivity index is 0.00000264. The maximum absolute atomic E-state index is 11.9. The van der Waals surface area contributed by atoms with E-state index in [9.17, 15) is 13.2 Å². The molecule has 2 rings (SSSR count). The summed E-state index contributed by atoms with van der Waals surface area (Å²) in [6.07, 6.45) is 4.52. The van der Waals surface area contributed by atoms with Gasteiger partial charge in [0.15, 0.2) is 0 Å². The first-order valence-electron chi connectivity index (χ1n) is 7.07. The lowest BCUT2D eigenvalue weighted by Crippen LogP contribution is -2.37. The summed E-state index contributed by atoms with van der Waals surface area (Å²) < 4.78 is 25.1. The molecule has 1 fully saturated rings. The van der Waals surface area contributed by atoms with E-state index < -0.39 is 21.9 Å². The summed E-state index contributed by atoms with van der Waals surface area (Å²) in [5.74, 6) is -0.928. The van der Waals surface area contributed by atoms with Gasteiger partial charge < -0.3 is 10.6 Å². The van der Waals surface area contributed by atoms with Crippen molar-refractivity contribution in [2.75, 3.05) is 24.2 Å². The third kappa shape index (κ3) is 6.07. The molecule has 1 heterocycles. The highest BCUT2D eigenvalue weighted by Crippen LogP contribution is 2.20. The third-order valence-electron chi connectivity index (χ3n) is 3.36. The van der Waals surface area contributed by atoms with Gasteiger partial charge in [-0.2, -0.15) is 0 Å². The van der Waals surface area contributed by atoms with Gasteiger partial charge in [0.1, 0.15) is 0 Å². The summed E-state index contributed by atoms with van der Waals surface area (Å²) in [6, 6.07) is 7.13. The molecule has 0 unspecified atom stereocenters. The molecule has 0 atom stereocenters. The van der Waals surface area contributed by atoms with Gasteiger partial charge in [0.05, 0.1) is 6.26 Å². The summed E-state index contributed by atoms with van der Waals surface area (Å²) in [5.41, 5.74) is 6.85. The van der Waals surface area contributed by atoms with Crippen molar-refractivity contribution in [3.05, 3.63) is 29.8 Å². The van der Waals surface area contributed by atoms with Crippen molar-refractivity contribution < 1.29 is 13.2 Å².